The van der Waals surface area contributed by atoms with Crippen molar-refractivity contribution < 1.29 is 0 Å². The zero-order chi connectivity index (χ0) is 16.2. The summed E-state index contributed by atoms with van der Waals surface area (Å²) in [5.41, 5.74) is 13.8. The van der Waals surface area contributed by atoms with Gasteiger partial charge in [0.05, 0.1) is 22.0 Å². The Hall–Kier alpha value is -2.51. The fourth-order valence-electron chi connectivity index (χ4n) is 1.94. The minimum atomic E-state index is 0.564. The molecule has 5 N–H and O–H groups in total. The molecule has 0 unspecified atom stereocenters. The lowest BCUT2D eigenvalue weighted by Gasteiger charge is -1.92. The first-order valence-electron chi connectivity index (χ1n) is 6.83. The van der Waals surface area contributed by atoms with Crippen LogP contribution in [0, 0.1) is 0 Å². The number of anilines is 2. The Kier molecular flexibility index (Phi) is 4.50. The van der Waals surface area contributed by atoms with Gasteiger partial charge in [0.2, 0.25) is 0 Å². The van der Waals surface area contributed by atoms with Crippen molar-refractivity contribution in [2.75, 3.05) is 11.5 Å². The van der Waals surface area contributed by atoms with E-state index in [9.17, 15) is 0 Å². The van der Waals surface area contributed by atoms with Crippen LogP contribution in [0.3, 0.4) is 0 Å². The molecule has 23 heavy (non-hydrogen) atoms. The summed E-state index contributed by atoms with van der Waals surface area (Å²) in [7, 11) is 0. The standard InChI is InChI=1S/C10H8N4S.C6H7NS/c11-9-6(5-12-14-9)10-13-7-3-1-2-4-8(7)15-10;7-5-3-1-2-4-6(5)8/h1-5H,(H3,11,12,14);1-4,8H,7H2. The van der Waals surface area contributed by atoms with Gasteiger partial charge in [-0.3, -0.25) is 5.10 Å². The van der Waals surface area contributed by atoms with Gasteiger partial charge in [0, 0.05) is 10.6 Å². The van der Waals surface area contributed by atoms with Crippen LogP contribution in [-0.4, -0.2) is 15.2 Å². The van der Waals surface area contributed by atoms with Crippen molar-refractivity contribution in [1.82, 2.24) is 15.2 Å². The average Bonchev–Trinajstić information content (AvgIpc) is 3.16. The summed E-state index contributed by atoms with van der Waals surface area (Å²) in [4.78, 5) is 5.33. The smallest absolute Gasteiger partial charge is 0.129 e. The quantitative estimate of drug-likeness (QED) is 0.313. The fraction of sp³-hybridized carbons (Fsp3) is 0. The molecular formula is C16H15N5S2. The number of hydrogen-bond donors (Lipinski definition) is 4. The maximum absolute atomic E-state index is 5.74. The van der Waals surface area contributed by atoms with Crippen molar-refractivity contribution in [1.29, 1.82) is 0 Å². The molecule has 7 heteroatoms. The van der Waals surface area contributed by atoms with Gasteiger partial charge in [0.15, 0.2) is 0 Å². The number of nitrogens with zero attached hydrogens (tertiary/aromatic N) is 2. The van der Waals surface area contributed by atoms with Crippen molar-refractivity contribution in [3.63, 3.8) is 0 Å². The van der Waals surface area contributed by atoms with Crippen molar-refractivity contribution in [3.05, 3.63) is 54.7 Å². The van der Waals surface area contributed by atoms with Crippen LogP contribution in [0.5, 0.6) is 0 Å². The van der Waals surface area contributed by atoms with Gasteiger partial charge in [-0.15, -0.1) is 24.0 Å². The molecule has 0 aliphatic carbocycles. The lowest BCUT2D eigenvalue weighted by molar-refractivity contribution is 1.10. The number of rotatable bonds is 1. The van der Waals surface area contributed by atoms with Gasteiger partial charge in [-0.1, -0.05) is 24.3 Å². The Morgan fingerprint density at radius 3 is 2.35 bits per heavy atom. The highest BCUT2D eigenvalue weighted by atomic mass is 32.1. The molecule has 0 fully saturated rings. The first-order valence-corrected chi connectivity index (χ1v) is 8.10. The van der Waals surface area contributed by atoms with Crippen LogP contribution in [0.4, 0.5) is 11.5 Å². The highest BCUT2D eigenvalue weighted by molar-refractivity contribution is 7.80. The third-order valence-electron chi connectivity index (χ3n) is 3.13. The maximum Gasteiger partial charge on any atom is 0.129 e. The minimum absolute atomic E-state index is 0.564. The number of nitrogens with two attached hydrogens (primary N) is 2. The molecule has 0 spiro atoms. The van der Waals surface area contributed by atoms with E-state index in [-0.39, 0.29) is 0 Å². The normalized spacial score (nSPS) is 10.3. The van der Waals surface area contributed by atoms with Crippen molar-refractivity contribution in [3.8, 4) is 10.6 Å². The van der Waals surface area contributed by atoms with Crippen LogP contribution in [0.25, 0.3) is 20.8 Å². The van der Waals surface area contributed by atoms with Crippen LogP contribution in [0.15, 0.2) is 59.6 Å². The highest BCUT2D eigenvalue weighted by Gasteiger charge is 2.09. The molecule has 0 bridgehead atoms. The number of aromatic amines is 1. The molecule has 4 aromatic rings. The predicted molar refractivity (Wildman–Crippen MR) is 99.7 cm³/mol. The molecular weight excluding hydrogens is 326 g/mol. The van der Waals surface area contributed by atoms with E-state index >= 15 is 0 Å². The van der Waals surface area contributed by atoms with Crippen LogP contribution in [0.2, 0.25) is 0 Å². The number of thiol groups is 1. The third kappa shape index (κ3) is 3.46. The summed E-state index contributed by atoms with van der Waals surface area (Å²) in [5, 5.41) is 7.50. The van der Waals surface area contributed by atoms with Gasteiger partial charge in [-0.2, -0.15) is 5.10 Å². The summed E-state index contributed by atoms with van der Waals surface area (Å²) in [6.45, 7) is 0. The topological polar surface area (TPSA) is 93.6 Å². The molecule has 116 valence electrons. The van der Waals surface area contributed by atoms with E-state index in [4.69, 9.17) is 11.5 Å². The zero-order valence-corrected chi connectivity index (χ0v) is 13.8. The zero-order valence-electron chi connectivity index (χ0n) is 12.1. The lowest BCUT2D eigenvalue weighted by Crippen LogP contribution is -1.86. The fourth-order valence-corrected chi connectivity index (χ4v) is 3.09. The van der Waals surface area contributed by atoms with E-state index in [0.717, 1.165) is 31.4 Å². The molecule has 2 aromatic heterocycles. The van der Waals surface area contributed by atoms with Gasteiger partial charge in [0.25, 0.3) is 0 Å². The molecule has 5 nitrogen and oxygen atoms in total. The second-order valence-electron chi connectivity index (χ2n) is 4.74. The molecule has 0 amide bonds. The van der Waals surface area contributed by atoms with Gasteiger partial charge < -0.3 is 11.5 Å². The van der Waals surface area contributed by atoms with Crippen LogP contribution >= 0.6 is 24.0 Å². The number of fused-ring (bicyclic) bond motifs is 1. The summed E-state index contributed by atoms with van der Waals surface area (Å²) in [5.74, 6) is 0.564. The van der Waals surface area contributed by atoms with Crippen molar-refractivity contribution >= 4 is 45.7 Å². The number of hydrogen-bond acceptors (Lipinski definition) is 6. The maximum atomic E-state index is 5.74. The van der Waals surface area contributed by atoms with E-state index in [1.54, 1.807) is 17.5 Å². The summed E-state index contributed by atoms with van der Waals surface area (Å²) in [6, 6.07) is 15.5. The number of aromatic nitrogens is 3. The Balaban J connectivity index is 0.000000166. The molecule has 0 saturated carbocycles. The highest BCUT2D eigenvalue weighted by Crippen LogP contribution is 2.31. The van der Waals surface area contributed by atoms with E-state index in [0.29, 0.717) is 5.82 Å². The molecule has 0 saturated heterocycles. The molecule has 2 heterocycles. The number of thiazole rings is 1. The monoisotopic (exact) mass is 341 g/mol. The minimum Gasteiger partial charge on any atom is -0.398 e. The molecule has 0 aliphatic rings. The second kappa shape index (κ2) is 6.72. The largest absolute Gasteiger partial charge is 0.398 e. The summed E-state index contributed by atoms with van der Waals surface area (Å²) in [6.07, 6.45) is 1.70. The average molecular weight is 341 g/mol. The first-order chi connectivity index (χ1) is 11.1. The Morgan fingerprint density at radius 2 is 1.74 bits per heavy atom. The predicted octanol–water partition coefficient (Wildman–Crippen LogP) is 3.83. The van der Waals surface area contributed by atoms with E-state index in [1.807, 2.05) is 48.5 Å². The number of benzene rings is 2. The molecule has 4 rings (SSSR count). The molecule has 0 atom stereocenters. The van der Waals surface area contributed by atoms with Gasteiger partial charge in [0.1, 0.15) is 10.8 Å². The summed E-state index contributed by atoms with van der Waals surface area (Å²) >= 11 is 5.69. The molecule has 0 aliphatic heterocycles. The van der Waals surface area contributed by atoms with E-state index in [1.165, 1.54) is 0 Å². The number of nitrogen functional groups attached to an aromatic ring is 2. The van der Waals surface area contributed by atoms with Gasteiger partial charge in [-0.25, -0.2) is 4.98 Å². The molecule has 2 aromatic carbocycles. The van der Waals surface area contributed by atoms with Gasteiger partial charge >= 0.3 is 0 Å². The van der Waals surface area contributed by atoms with Gasteiger partial charge in [-0.05, 0) is 24.3 Å². The SMILES string of the molecule is Nc1[nH]ncc1-c1nc2ccccc2s1.Nc1ccccc1S. The number of nitrogens with one attached hydrogen (secondary N) is 1. The third-order valence-corrected chi connectivity index (χ3v) is 4.61. The Morgan fingerprint density at radius 1 is 1.00 bits per heavy atom. The Bertz CT molecular complexity index is 875. The first kappa shape index (κ1) is 15.4. The van der Waals surface area contributed by atoms with Crippen LogP contribution in [0.1, 0.15) is 0 Å². The lowest BCUT2D eigenvalue weighted by atomic mass is 10.3. The summed E-state index contributed by atoms with van der Waals surface area (Å²) < 4.78 is 1.16. The Labute approximate surface area is 142 Å². The van der Waals surface area contributed by atoms with Crippen molar-refractivity contribution in [2.45, 2.75) is 4.90 Å². The number of para-hydroxylation sites is 2. The van der Waals surface area contributed by atoms with Crippen LogP contribution < -0.4 is 11.5 Å². The molecule has 0 radical (unpaired) electrons. The van der Waals surface area contributed by atoms with Crippen molar-refractivity contribution in [2.24, 2.45) is 0 Å². The number of H-pyrrole nitrogens is 1. The second-order valence-corrected chi connectivity index (χ2v) is 6.26. The van der Waals surface area contributed by atoms with E-state index < -0.39 is 0 Å². The van der Waals surface area contributed by atoms with E-state index in [2.05, 4.69) is 27.8 Å². The van der Waals surface area contributed by atoms with Crippen LogP contribution in [-0.2, 0) is 0 Å².